The predicted molar refractivity (Wildman–Crippen MR) is 83.6 cm³/mol. The molecule has 2 heterocycles. The first kappa shape index (κ1) is 12.8. The third-order valence-corrected chi connectivity index (χ3v) is 3.57. The molecule has 0 aliphatic rings. The number of hydrogen-bond donors (Lipinski definition) is 0. The fourth-order valence-electron chi connectivity index (χ4n) is 2.44. The summed E-state index contributed by atoms with van der Waals surface area (Å²) in [6, 6.07) is 14.6. The lowest BCUT2D eigenvalue weighted by Gasteiger charge is -2.07. The van der Waals surface area contributed by atoms with Crippen LogP contribution in [0, 0.1) is 0 Å². The molecule has 0 saturated carbocycles. The van der Waals surface area contributed by atoms with Gasteiger partial charge in [-0.25, -0.2) is 0 Å². The van der Waals surface area contributed by atoms with Crippen LogP contribution in [0.1, 0.15) is 25.5 Å². The van der Waals surface area contributed by atoms with E-state index in [1.54, 1.807) is 0 Å². The van der Waals surface area contributed by atoms with Gasteiger partial charge >= 0.3 is 0 Å². The summed E-state index contributed by atoms with van der Waals surface area (Å²) in [5.74, 6) is 0. The van der Waals surface area contributed by atoms with E-state index in [1.165, 1.54) is 29.5 Å². The minimum Gasteiger partial charge on any atom is -0.261 e. The van der Waals surface area contributed by atoms with Crippen LogP contribution in [0.2, 0.25) is 0 Å². The average molecular weight is 262 g/mol. The molecule has 2 nitrogen and oxygen atoms in total. The van der Waals surface area contributed by atoms with E-state index in [2.05, 4.69) is 47.2 Å². The summed E-state index contributed by atoms with van der Waals surface area (Å²) in [6.45, 7) is 2.21. The second kappa shape index (κ2) is 5.83. The number of pyridine rings is 2. The maximum absolute atomic E-state index is 4.58. The summed E-state index contributed by atoms with van der Waals surface area (Å²) in [4.78, 5) is 8.98. The van der Waals surface area contributed by atoms with E-state index in [9.17, 15) is 0 Å². The van der Waals surface area contributed by atoms with Crippen LogP contribution >= 0.6 is 0 Å². The van der Waals surface area contributed by atoms with Crippen molar-refractivity contribution in [2.75, 3.05) is 0 Å². The summed E-state index contributed by atoms with van der Waals surface area (Å²) >= 11 is 0. The van der Waals surface area contributed by atoms with Crippen molar-refractivity contribution in [1.82, 2.24) is 9.97 Å². The first-order valence-electron chi connectivity index (χ1n) is 7.17. The Labute approximate surface area is 119 Å². The standard InChI is InChI=1S/C18H18N2/c1-2-3-6-15-11-10-14(13-20-15)16-7-4-9-18-17(16)8-5-12-19-18/h4-5,7-13H,2-3,6H2,1H3. The molecule has 0 saturated heterocycles. The van der Waals surface area contributed by atoms with E-state index in [-0.39, 0.29) is 0 Å². The summed E-state index contributed by atoms with van der Waals surface area (Å²) < 4.78 is 0. The zero-order valence-corrected chi connectivity index (χ0v) is 11.7. The molecule has 20 heavy (non-hydrogen) atoms. The first-order chi connectivity index (χ1) is 9.88. The van der Waals surface area contributed by atoms with Crippen molar-refractivity contribution < 1.29 is 0 Å². The van der Waals surface area contributed by atoms with E-state index in [0.717, 1.165) is 17.5 Å². The van der Waals surface area contributed by atoms with Gasteiger partial charge in [-0.3, -0.25) is 9.97 Å². The molecule has 0 fully saturated rings. The van der Waals surface area contributed by atoms with E-state index in [0.29, 0.717) is 0 Å². The highest BCUT2D eigenvalue weighted by atomic mass is 14.7. The molecule has 0 atom stereocenters. The van der Waals surface area contributed by atoms with Gasteiger partial charge in [0.05, 0.1) is 5.52 Å². The van der Waals surface area contributed by atoms with Crippen LogP contribution < -0.4 is 0 Å². The smallest absolute Gasteiger partial charge is 0.0708 e. The van der Waals surface area contributed by atoms with Crippen LogP contribution in [0.3, 0.4) is 0 Å². The van der Waals surface area contributed by atoms with Gasteiger partial charge in [0.15, 0.2) is 0 Å². The molecule has 0 amide bonds. The Morgan fingerprint density at radius 3 is 2.70 bits per heavy atom. The Kier molecular flexibility index (Phi) is 3.73. The van der Waals surface area contributed by atoms with Crippen LogP contribution in [0.5, 0.6) is 0 Å². The van der Waals surface area contributed by atoms with Crippen LogP contribution in [0.4, 0.5) is 0 Å². The van der Waals surface area contributed by atoms with Crippen molar-refractivity contribution in [3.05, 3.63) is 60.6 Å². The number of rotatable bonds is 4. The van der Waals surface area contributed by atoms with Gasteiger partial charge in [0.2, 0.25) is 0 Å². The second-order valence-electron chi connectivity index (χ2n) is 5.02. The van der Waals surface area contributed by atoms with E-state index in [4.69, 9.17) is 0 Å². The zero-order valence-electron chi connectivity index (χ0n) is 11.7. The van der Waals surface area contributed by atoms with Crippen molar-refractivity contribution in [3.8, 4) is 11.1 Å². The zero-order chi connectivity index (χ0) is 13.8. The molecule has 2 heteroatoms. The summed E-state index contributed by atoms with van der Waals surface area (Å²) in [5, 5.41) is 1.18. The average Bonchev–Trinajstić information content (AvgIpc) is 2.53. The lowest BCUT2D eigenvalue weighted by molar-refractivity contribution is 0.777. The molecular formula is C18H18N2. The number of fused-ring (bicyclic) bond motifs is 1. The molecule has 3 aromatic rings. The molecule has 0 unspecified atom stereocenters. The third kappa shape index (κ3) is 2.55. The number of aromatic nitrogens is 2. The topological polar surface area (TPSA) is 25.8 Å². The summed E-state index contributed by atoms with van der Waals surface area (Å²) in [5.41, 5.74) is 4.56. The molecule has 0 radical (unpaired) electrons. The van der Waals surface area contributed by atoms with Crippen molar-refractivity contribution >= 4 is 10.9 Å². The Morgan fingerprint density at radius 1 is 0.950 bits per heavy atom. The van der Waals surface area contributed by atoms with Crippen molar-refractivity contribution in [2.24, 2.45) is 0 Å². The Morgan fingerprint density at radius 2 is 1.90 bits per heavy atom. The predicted octanol–water partition coefficient (Wildman–Crippen LogP) is 4.64. The van der Waals surface area contributed by atoms with Gasteiger partial charge in [0, 0.05) is 29.0 Å². The molecule has 0 N–H and O–H groups in total. The van der Waals surface area contributed by atoms with Crippen LogP contribution in [-0.4, -0.2) is 9.97 Å². The number of unbranched alkanes of at least 4 members (excludes halogenated alkanes) is 1. The fourth-order valence-corrected chi connectivity index (χ4v) is 2.44. The maximum atomic E-state index is 4.58. The van der Waals surface area contributed by atoms with Crippen LogP contribution in [0.15, 0.2) is 54.9 Å². The minimum absolute atomic E-state index is 1.03. The Bertz CT molecular complexity index is 697. The molecule has 1 aromatic carbocycles. The SMILES string of the molecule is CCCCc1ccc(-c2cccc3ncccc23)cn1. The molecule has 3 rings (SSSR count). The van der Waals surface area contributed by atoms with Gasteiger partial charge in [-0.15, -0.1) is 0 Å². The van der Waals surface area contributed by atoms with E-state index >= 15 is 0 Å². The Hall–Kier alpha value is -2.22. The molecule has 0 aliphatic heterocycles. The van der Waals surface area contributed by atoms with Gasteiger partial charge in [-0.05, 0) is 36.6 Å². The normalized spacial score (nSPS) is 10.8. The number of hydrogen-bond acceptors (Lipinski definition) is 2. The van der Waals surface area contributed by atoms with Gasteiger partial charge in [-0.1, -0.05) is 37.6 Å². The third-order valence-electron chi connectivity index (χ3n) is 3.57. The van der Waals surface area contributed by atoms with E-state index < -0.39 is 0 Å². The first-order valence-corrected chi connectivity index (χ1v) is 7.17. The number of aryl methyl sites for hydroxylation is 1. The molecule has 0 aliphatic carbocycles. The lowest BCUT2D eigenvalue weighted by Crippen LogP contribution is -1.90. The summed E-state index contributed by atoms with van der Waals surface area (Å²) in [6.07, 6.45) is 7.28. The van der Waals surface area contributed by atoms with Crippen molar-refractivity contribution in [3.63, 3.8) is 0 Å². The van der Waals surface area contributed by atoms with Crippen LogP contribution in [0.25, 0.3) is 22.0 Å². The molecule has 0 bridgehead atoms. The van der Waals surface area contributed by atoms with Gasteiger partial charge in [-0.2, -0.15) is 0 Å². The quantitative estimate of drug-likeness (QED) is 0.684. The number of benzene rings is 1. The lowest BCUT2D eigenvalue weighted by atomic mass is 10.0. The van der Waals surface area contributed by atoms with Gasteiger partial charge in [0.1, 0.15) is 0 Å². The Balaban J connectivity index is 1.98. The molecular weight excluding hydrogens is 244 g/mol. The van der Waals surface area contributed by atoms with Crippen molar-refractivity contribution in [2.45, 2.75) is 26.2 Å². The molecule has 100 valence electrons. The highest BCUT2D eigenvalue weighted by Gasteiger charge is 2.04. The summed E-state index contributed by atoms with van der Waals surface area (Å²) in [7, 11) is 0. The highest BCUT2D eigenvalue weighted by Crippen LogP contribution is 2.27. The van der Waals surface area contributed by atoms with Gasteiger partial charge in [0.25, 0.3) is 0 Å². The number of nitrogens with zero attached hydrogens (tertiary/aromatic N) is 2. The van der Waals surface area contributed by atoms with E-state index in [1.807, 2.05) is 24.5 Å². The van der Waals surface area contributed by atoms with Crippen molar-refractivity contribution in [1.29, 1.82) is 0 Å². The highest BCUT2D eigenvalue weighted by molar-refractivity contribution is 5.94. The second-order valence-corrected chi connectivity index (χ2v) is 5.02. The molecule has 0 spiro atoms. The van der Waals surface area contributed by atoms with Gasteiger partial charge < -0.3 is 0 Å². The largest absolute Gasteiger partial charge is 0.261 e. The fraction of sp³-hybridized carbons (Fsp3) is 0.222. The maximum Gasteiger partial charge on any atom is 0.0708 e. The monoisotopic (exact) mass is 262 g/mol. The van der Waals surface area contributed by atoms with Crippen LogP contribution in [-0.2, 0) is 6.42 Å². The molecule has 2 aromatic heterocycles. The minimum atomic E-state index is 1.03.